The van der Waals surface area contributed by atoms with Crippen molar-refractivity contribution in [2.75, 3.05) is 7.11 Å². The second-order valence-corrected chi connectivity index (χ2v) is 4.59. The quantitative estimate of drug-likeness (QED) is 0.670. The smallest absolute Gasteiger partial charge is 0.368 e. The number of rotatable bonds is 5. The highest BCUT2D eigenvalue weighted by molar-refractivity contribution is 5.48. The van der Waals surface area contributed by atoms with Crippen LogP contribution in [0.5, 0.6) is 11.6 Å². The predicted octanol–water partition coefficient (Wildman–Crippen LogP) is 0.344. The fourth-order valence-electron chi connectivity index (χ4n) is 2.06. The fraction of sp³-hybridized carbons (Fsp3) is 0.214. The van der Waals surface area contributed by atoms with Crippen LogP contribution in [-0.2, 0) is 13.7 Å². The van der Waals surface area contributed by atoms with Crippen molar-refractivity contribution in [3.05, 3.63) is 52.8 Å². The van der Waals surface area contributed by atoms with E-state index < -0.39 is 0 Å². The van der Waals surface area contributed by atoms with Gasteiger partial charge in [-0.25, -0.2) is 14.8 Å². The number of nitrogens with zero attached hydrogens (tertiary/aromatic N) is 6. The van der Waals surface area contributed by atoms with E-state index in [1.807, 2.05) is 0 Å². The zero-order chi connectivity index (χ0) is 16.2. The number of ether oxygens (including phenoxy) is 2. The van der Waals surface area contributed by atoms with E-state index in [1.165, 1.54) is 18.1 Å². The van der Waals surface area contributed by atoms with E-state index >= 15 is 0 Å². The van der Waals surface area contributed by atoms with Gasteiger partial charge in [0, 0.05) is 19.3 Å². The van der Waals surface area contributed by atoms with Crippen LogP contribution in [0.1, 0.15) is 5.56 Å². The molecular weight excluding hydrogens is 300 g/mol. The van der Waals surface area contributed by atoms with E-state index in [-0.39, 0.29) is 12.3 Å². The molecule has 0 aliphatic carbocycles. The lowest BCUT2D eigenvalue weighted by Gasteiger charge is -2.13. The SMILES string of the molecule is COc1cccc(-n2nnn(C)c2=O)c1COc1ccncn1. The van der Waals surface area contributed by atoms with Crippen molar-refractivity contribution >= 4 is 0 Å². The molecule has 118 valence electrons. The van der Waals surface area contributed by atoms with Crippen LogP contribution >= 0.6 is 0 Å². The van der Waals surface area contributed by atoms with Crippen LogP contribution in [-0.4, -0.2) is 36.9 Å². The summed E-state index contributed by atoms with van der Waals surface area (Å²) in [4.78, 5) is 19.9. The first kappa shape index (κ1) is 14.7. The number of benzene rings is 1. The summed E-state index contributed by atoms with van der Waals surface area (Å²) in [5, 5.41) is 7.58. The first-order chi connectivity index (χ1) is 11.2. The summed E-state index contributed by atoms with van der Waals surface area (Å²) in [6, 6.07) is 6.94. The van der Waals surface area contributed by atoms with Gasteiger partial charge in [0.15, 0.2) is 0 Å². The predicted molar refractivity (Wildman–Crippen MR) is 79.5 cm³/mol. The van der Waals surface area contributed by atoms with Crippen LogP contribution in [0.25, 0.3) is 5.69 Å². The van der Waals surface area contributed by atoms with E-state index in [0.29, 0.717) is 22.9 Å². The number of aromatic nitrogens is 6. The molecule has 0 fully saturated rings. The molecule has 0 N–H and O–H groups in total. The summed E-state index contributed by atoms with van der Waals surface area (Å²) in [6.45, 7) is 0.152. The molecule has 9 heteroatoms. The lowest BCUT2D eigenvalue weighted by atomic mass is 10.1. The van der Waals surface area contributed by atoms with Gasteiger partial charge in [-0.3, -0.25) is 0 Å². The van der Waals surface area contributed by atoms with Crippen LogP contribution in [0, 0.1) is 0 Å². The molecule has 3 aromatic rings. The molecule has 0 saturated heterocycles. The molecule has 9 nitrogen and oxygen atoms in total. The van der Waals surface area contributed by atoms with Crippen molar-refractivity contribution in [2.24, 2.45) is 7.05 Å². The molecule has 0 amide bonds. The normalized spacial score (nSPS) is 10.5. The van der Waals surface area contributed by atoms with Gasteiger partial charge < -0.3 is 9.47 Å². The lowest BCUT2D eigenvalue weighted by molar-refractivity contribution is 0.284. The van der Waals surface area contributed by atoms with Gasteiger partial charge in [-0.15, -0.1) is 0 Å². The Morgan fingerprint density at radius 2 is 2.09 bits per heavy atom. The van der Waals surface area contributed by atoms with Crippen LogP contribution in [0.15, 0.2) is 41.6 Å². The number of tetrazole rings is 1. The monoisotopic (exact) mass is 314 g/mol. The molecule has 2 aromatic heterocycles. The molecular formula is C14H14N6O3. The summed E-state index contributed by atoms with van der Waals surface area (Å²) in [5.41, 5.74) is 0.842. The summed E-state index contributed by atoms with van der Waals surface area (Å²) in [7, 11) is 3.08. The average Bonchev–Trinajstić information content (AvgIpc) is 2.92. The van der Waals surface area contributed by atoms with E-state index in [0.717, 1.165) is 4.68 Å². The third-order valence-corrected chi connectivity index (χ3v) is 3.20. The Bertz CT molecular complexity index is 858. The Hall–Kier alpha value is -3.23. The Kier molecular flexibility index (Phi) is 4.00. The molecule has 0 bridgehead atoms. The largest absolute Gasteiger partial charge is 0.496 e. The number of hydrogen-bond donors (Lipinski definition) is 0. The highest BCUT2D eigenvalue weighted by Gasteiger charge is 2.16. The van der Waals surface area contributed by atoms with Crippen molar-refractivity contribution in [3.8, 4) is 17.3 Å². The second kappa shape index (κ2) is 6.26. The Labute approximate surface area is 131 Å². The third-order valence-electron chi connectivity index (χ3n) is 3.20. The maximum Gasteiger partial charge on any atom is 0.368 e. The van der Waals surface area contributed by atoms with Gasteiger partial charge in [-0.1, -0.05) is 6.07 Å². The second-order valence-electron chi connectivity index (χ2n) is 4.59. The van der Waals surface area contributed by atoms with Crippen molar-refractivity contribution in [1.82, 2.24) is 29.8 Å². The van der Waals surface area contributed by atoms with Crippen molar-refractivity contribution in [1.29, 1.82) is 0 Å². The fourth-order valence-corrected chi connectivity index (χ4v) is 2.06. The standard InChI is InChI=1S/C14H14N6O3/c1-19-14(21)20(18-17-19)11-4-3-5-12(22-2)10(11)8-23-13-6-7-15-9-16-13/h3-7,9H,8H2,1-2H3. The van der Waals surface area contributed by atoms with E-state index in [4.69, 9.17) is 9.47 Å². The van der Waals surface area contributed by atoms with E-state index in [1.54, 1.807) is 37.6 Å². The number of hydrogen-bond acceptors (Lipinski definition) is 7. The van der Waals surface area contributed by atoms with Gasteiger partial charge in [-0.05, 0) is 22.6 Å². The van der Waals surface area contributed by atoms with E-state index in [9.17, 15) is 4.79 Å². The third kappa shape index (κ3) is 2.89. The summed E-state index contributed by atoms with van der Waals surface area (Å²) >= 11 is 0. The van der Waals surface area contributed by atoms with Crippen molar-refractivity contribution in [2.45, 2.75) is 6.61 Å². The Balaban J connectivity index is 2.00. The van der Waals surface area contributed by atoms with Gasteiger partial charge >= 0.3 is 5.69 Å². The minimum absolute atomic E-state index is 0.152. The molecule has 1 aromatic carbocycles. The zero-order valence-electron chi connectivity index (χ0n) is 12.6. The van der Waals surface area contributed by atoms with Crippen molar-refractivity contribution in [3.63, 3.8) is 0 Å². The molecule has 0 radical (unpaired) electrons. The van der Waals surface area contributed by atoms with Gasteiger partial charge in [0.05, 0.1) is 18.4 Å². The van der Waals surface area contributed by atoms with Gasteiger partial charge in [0.1, 0.15) is 18.7 Å². The highest BCUT2D eigenvalue weighted by atomic mass is 16.5. The maximum absolute atomic E-state index is 12.1. The van der Waals surface area contributed by atoms with Gasteiger partial charge in [0.25, 0.3) is 0 Å². The summed E-state index contributed by atoms with van der Waals surface area (Å²) in [5.74, 6) is 0.998. The van der Waals surface area contributed by atoms with Crippen molar-refractivity contribution < 1.29 is 9.47 Å². The summed E-state index contributed by atoms with van der Waals surface area (Å²) in [6.07, 6.45) is 2.98. The molecule has 0 saturated carbocycles. The molecule has 2 heterocycles. The average molecular weight is 314 g/mol. The summed E-state index contributed by atoms with van der Waals surface area (Å²) < 4.78 is 13.3. The maximum atomic E-state index is 12.1. The topological polar surface area (TPSA) is 97.0 Å². The number of aryl methyl sites for hydroxylation is 1. The first-order valence-electron chi connectivity index (χ1n) is 6.75. The molecule has 0 atom stereocenters. The molecule has 3 rings (SSSR count). The molecule has 0 spiro atoms. The zero-order valence-corrected chi connectivity index (χ0v) is 12.6. The van der Waals surface area contributed by atoms with Crippen LogP contribution < -0.4 is 15.2 Å². The molecule has 23 heavy (non-hydrogen) atoms. The van der Waals surface area contributed by atoms with Crippen LogP contribution in [0.3, 0.4) is 0 Å². The Morgan fingerprint density at radius 3 is 2.74 bits per heavy atom. The first-order valence-corrected chi connectivity index (χ1v) is 6.75. The highest BCUT2D eigenvalue weighted by Crippen LogP contribution is 2.25. The van der Waals surface area contributed by atoms with Gasteiger partial charge in [-0.2, -0.15) is 9.36 Å². The molecule has 0 aliphatic rings. The molecule has 0 unspecified atom stereocenters. The van der Waals surface area contributed by atoms with Gasteiger partial charge in [0.2, 0.25) is 5.88 Å². The van der Waals surface area contributed by atoms with Crippen LogP contribution in [0.2, 0.25) is 0 Å². The Morgan fingerprint density at radius 1 is 1.22 bits per heavy atom. The van der Waals surface area contributed by atoms with Crippen LogP contribution in [0.4, 0.5) is 0 Å². The minimum atomic E-state index is -0.360. The number of methoxy groups -OCH3 is 1. The van der Waals surface area contributed by atoms with E-state index in [2.05, 4.69) is 20.4 Å². The minimum Gasteiger partial charge on any atom is -0.496 e. The molecule has 0 aliphatic heterocycles. The lowest BCUT2D eigenvalue weighted by Crippen LogP contribution is -2.23.